The van der Waals surface area contributed by atoms with Gasteiger partial charge in [-0.3, -0.25) is 4.79 Å². The second-order valence-electron chi connectivity index (χ2n) is 6.99. The van der Waals surface area contributed by atoms with Crippen molar-refractivity contribution >= 4 is 12.0 Å². The second kappa shape index (κ2) is 10.7. The minimum Gasteiger partial charge on any atom is -0.332 e. The third-order valence-corrected chi connectivity index (χ3v) is 5.09. The summed E-state index contributed by atoms with van der Waals surface area (Å²) < 4.78 is 2.02. The van der Waals surface area contributed by atoms with Gasteiger partial charge in [0.2, 0.25) is 5.91 Å². The molecule has 1 atom stereocenters. The van der Waals surface area contributed by atoms with Crippen molar-refractivity contribution in [1.29, 1.82) is 0 Å². The van der Waals surface area contributed by atoms with E-state index in [1.165, 1.54) is 12.8 Å². The van der Waals surface area contributed by atoms with Gasteiger partial charge in [-0.2, -0.15) is 0 Å². The first kappa shape index (κ1) is 20.9. The number of likely N-dealkylation sites (tertiary alicyclic amines) is 1. The van der Waals surface area contributed by atoms with Gasteiger partial charge in [-0.05, 0) is 58.9 Å². The van der Waals surface area contributed by atoms with Crippen LogP contribution in [0.3, 0.4) is 0 Å². The molecular weight excluding hydrogens is 336 g/mol. The molecule has 0 aliphatic carbocycles. The van der Waals surface area contributed by atoms with Gasteiger partial charge in [0, 0.05) is 25.7 Å². The first-order valence-electron chi connectivity index (χ1n) is 9.73. The van der Waals surface area contributed by atoms with Crippen LogP contribution in [0, 0.1) is 0 Å². The number of imidazole rings is 1. The van der Waals surface area contributed by atoms with Gasteiger partial charge in [0.05, 0.1) is 18.4 Å². The van der Waals surface area contributed by atoms with Crippen LogP contribution in [0.15, 0.2) is 42.3 Å². The van der Waals surface area contributed by atoms with Crippen molar-refractivity contribution < 1.29 is 4.79 Å². The summed E-state index contributed by atoms with van der Waals surface area (Å²) in [5, 5.41) is 0. The number of carbonyl (C=O) groups is 1. The Balaban J connectivity index is 2.09. The number of aromatic nitrogens is 2. The molecule has 2 heterocycles. The van der Waals surface area contributed by atoms with Crippen molar-refractivity contribution in [2.75, 3.05) is 20.1 Å². The van der Waals surface area contributed by atoms with E-state index in [4.69, 9.17) is 0 Å². The van der Waals surface area contributed by atoms with Crippen molar-refractivity contribution in [2.24, 2.45) is 7.05 Å². The molecule has 5 nitrogen and oxygen atoms in total. The predicted octanol–water partition coefficient (Wildman–Crippen LogP) is 3.55. The van der Waals surface area contributed by atoms with Gasteiger partial charge in [-0.1, -0.05) is 18.2 Å². The van der Waals surface area contributed by atoms with E-state index >= 15 is 0 Å². The van der Waals surface area contributed by atoms with Crippen LogP contribution in [0.25, 0.3) is 6.08 Å². The Labute approximate surface area is 163 Å². The molecule has 1 aromatic rings. The maximum absolute atomic E-state index is 12.6. The van der Waals surface area contributed by atoms with Crippen LogP contribution < -0.4 is 0 Å². The third kappa shape index (κ3) is 6.09. The van der Waals surface area contributed by atoms with Gasteiger partial charge >= 0.3 is 0 Å². The maximum Gasteiger partial charge on any atom is 0.246 e. The van der Waals surface area contributed by atoms with Crippen LogP contribution in [0.4, 0.5) is 0 Å². The summed E-state index contributed by atoms with van der Waals surface area (Å²) in [5.41, 5.74) is 4.10. The highest BCUT2D eigenvalue weighted by Gasteiger charge is 2.23. The number of carbonyl (C=O) groups excluding carboxylic acids is 1. The van der Waals surface area contributed by atoms with Crippen LogP contribution >= 0.6 is 0 Å². The summed E-state index contributed by atoms with van der Waals surface area (Å²) in [6.07, 6.45) is 16.4. The zero-order valence-corrected chi connectivity index (χ0v) is 17.1. The minimum absolute atomic E-state index is 0.0474. The average Bonchev–Trinajstić information content (AvgIpc) is 3.22. The van der Waals surface area contributed by atoms with Crippen molar-refractivity contribution in [3.05, 3.63) is 53.8 Å². The molecule has 0 bridgehead atoms. The molecule has 1 amide bonds. The molecular formula is C22H32N4O. The van der Waals surface area contributed by atoms with Gasteiger partial charge in [0.1, 0.15) is 5.82 Å². The lowest BCUT2D eigenvalue weighted by atomic mass is 10.1. The Kier molecular flexibility index (Phi) is 8.31. The molecule has 0 radical (unpaired) electrons. The van der Waals surface area contributed by atoms with Gasteiger partial charge in [0.25, 0.3) is 0 Å². The third-order valence-electron chi connectivity index (χ3n) is 5.09. The van der Waals surface area contributed by atoms with E-state index in [-0.39, 0.29) is 5.91 Å². The SMILES string of the molecule is C/C=C\C=C=Cc1cnc(CN(CCC2CCCN2C)C(=O)/C=C/C)n1C. The molecule has 0 aromatic carbocycles. The highest BCUT2D eigenvalue weighted by Crippen LogP contribution is 2.19. The zero-order chi connectivity index (χ0) is 19.6. The molecule has 1 unspecified atom stereocenters. The number of nitrogens with zero attached hydrogens (tertiary/aromatic N) is 4. The fraction of sp³-hybridized carbons (Fsp3) is 0.500. The lowest BCUT2D eigenvalue weighted by Crippen LogP contribution is -2.35. The van der Waals surface area contributed by atoms with Crippen LogP contribution in [0.5, 0.6) is 0 Å². The minimum atomic E-state index is 0.0474. The van der Waals surface area contributed by atoms with E-state index in [1.54, 1.807) is 12.2 Å². The molecule has 1 aromatic heterocycles. The maximum atomic E-state index is 12.6. The lowest BCUT2D eigenvalue weighted by molar-refractivity contribution is -0.127. The number of amides is 1. The summed E-state index contributed by atoms with van der Waals surface area (Å²) >= 11 is 0. The molecule has 27 heavy (non-hydrogen) atoms. The van der Waals surface area contributed by atoms with Crippen LogP contribution in [-0.4, -0.2) is 51.4 Å². The Morgan fingerprint density at radius 3 is 2.85 bits per heavy atom. The number of hydrogen-bond donors (Lipinski definition) is 0. The summed E-state index contributed by atoms with van der Waals surface area (Å²) in [6, 6.07) is 0.572. The molecule has 5 heteroatoms. The van der Waals surface area contributed by atoms with E-state index in [0.717, 1.165) is 31.0 Å². The van der Waals surface area contributed by atoms with Crippen LogP contribution in [-0.2, 0) is 18.4 Å². The Morgan fingerprint density at radius 2 is 2.19 bits per heavy atom. The van der Waals surface area contributed by atoms with Crippen molar-refractivity contribution in [2.45, 2.75) is 45.7 Å². The molecule has 0 N–H and O–H groups in total. The molecule has 1 saturated heterocycles. The smallest absolute Gasteiger partial charge is 0.246 e. The van der Waals surface area contributed by atoms with Crippen molar-refractivity contribution in [1.82, 2.24) is 19.4 Å². The monoisotopic (exact) mass is 368 g/mol. The normalized spacial score (nSPS) is 17.6. The van der Waals surface area contributed by atoms with Gasteiger partial charge in [-0.25, -0.2) is 4.98 Å². The van der Waals surface area contributed by atoms with E-state index in [2.05, 4.69) is 22.7 Å². The first-order valence-corrected chi connectivity index (χ1v) is 9.73. The van der Waals surface area contributed by atoms with Gasteiger partial charge in [-0.15, -0.1) is 5.73 Å². The number of rotatable bonds is 8. The van der Waals surface area contributed by atoms with E-state index < -0.39 is 0 Å². The molecule has 0 spiro atoms. The van der Waals surface area contributed by atoms with Gasteiger partial charge in [0.15, 0.2) is 0 Å². The quantitative estimate of drug-likeness (QED) is 0.400. The molecule has 1 fully saturated rings. The van der Waals surface area contributed by atoms with Crippen molar-refractivity contribution in [3.8, 4) is 0 Å². The predicted molar refractivity (Wildman–Crippen MR) is 111 cm³/mol. The van der Waals surface area contributed by atoms with Crippen LogP contribution in [0.2, 0.25) is 0 Å². The molecule has 2 rings (SSSR count). The van der Waals surface area contributed by atoms with Crippen LogP contribution in [0.1, 0.15) is 44.6 Å². The topological polar surface area (TPSA) is 41.4 Å². The number of hydrogen-bond acceptors (Lipinski definition) is 3. The fourth-order valence-corrected chi connectivity index (χ4v) is 3.36. The molecule has 0 saturated carbocycles. The molecule has 1 aliphatic heterocycles. The molecule has 1 aliphatic rings. The Morgan fingerprint density at radius 1 is 1.37 bits per heavy atom. The lowest BCUT2D eigenvalue weighted by Gasteiger charge is -2.25. The summed E-state index contributed by atoms with van der Waals surface area (Å²) in [6.45, 7) is 6.27. The zero-order valence-electron chi connectivity index (χ0n) is 17.1. The standard InChI is InChI=1S/C22H32N4O/c1-5-7-8-9-12-20-17-23-21(25(20)4)18-26(22(27)11-6-2)16-14-19-13-10-15-24(19)3/h5-8,11-12,17,19H,10,13-16,18H2,1-4H3/b7-5-,11-6+. The summed E-state index contributed by atoms with van der Waals surface area (Å²) in [5.74, 6) is 0.929. The van der Waals surface area contributed by atoms with E-state index in [1.807, 2.05) is 60.9 Å². The average molecular weight is 369 g/mol. The largest absolute Gasteiger partial charge is 0.332 e. The van der Waals surface area contributed by atoms with Gasteiger partial charge < -0.3 is 14.4 Å². The second-order valence-corrected chi connectivity index (χ2v) is 6.99. The highest BCUT2D eigenvalue weighted by molar-refractivity contribution is 5.87. The summed E-state index contributed by atoms with van der Waals surface area (Å²) in [7, 11) is 4.16. The highest BCUT2D eigenvalue weighted by atomic mass is 16.2. The Hall–Kier alpha value is -2.36. The first-order chi connectivity index (χ1) is 13.1. The van der Waals surface area contributed by atoms with E-state index in [9.17, 15) is 4.79 Å². The van der Waals surface area contributed by atoms with Crippen molar-refractivity contribution in [3.63, 3.8) is 0 Å². The summed E-state index contributed by atoms with van der Waals surface area (Å²) in [4.78, 5) is 21.4. The molecule has 146 valence electrons. The Bertz CT molecular complexity index is 737. The number of allylic oxidation sites excluding steroid dienone is 4. The fourth-order valence-electron chi connectivity index (χ4n) is 3.36. The van der Waals surface area contributed by atoms with E-state index in [0.29, 0.717) is 12.6 Å².